The number of rotatable bonds is 7. The molecule has 18 heavy (non-hydrogen) atoms. The lowest BCUT2D eigenvalue weighted by Gasteiger charge is -2.22. The molecule has 0 bridgehead atoms. The van der Waals surface area contributed by atoms with Gasteiger partial charge < -0.3 is 10.8 Å². The van der Waals surface area contributed by atoms with Gasteiger partial charge >= 0.3 is 5.97 Å². The van der Waals surface area contributed by atoms with Crippen LogP contribution >= 0.6 is 23.4 Å². The number of aliphatic carboxylic acids is 1. The van der Waals surface area contributed by atoms with Crippen molar-refractivity contribution in [3.63, 3.8) is 0 Å². The van der Waals surface area contributed by atoms with Crippen molar-refractivity contribution in [1.29, 1.82) is 0 Å². The number of carboxylic acid groups (broad SMARTS) is 1. The van der Waals surface area contributed by atoms with Gasteiger partial charge in [-0.05, 0) is 37.1 Å². The van der Waals surface area contributed by atoms with E-state index in [9.17, 15) is 4.79 Å². The van der Waals surface area contributed by atoms with E-state index in [0.29, 0.717) is 12.8 Å². The molecule has 0 aromatic heterocycles. The summed E-state index contributed by atoms with van der Waals surface area (Å²) in [6.45, 7) is 1.80. The van der Waals surface area contributed by atoms with Crippen LogP contribution in [-0.2, 0) is 4.79 Å². The molecule has 1 aromatic carbocycles. The molecule has 1 rings (SSSR count). The molecule has 0 fully saturated rings. The normalized spacial score (nSPS) is 14.2. The van der Waals surface area contributed by atoms with Gasteiger partial charge in [0.2, 0.25) is 0 Å². The summed E-state index contributed by atoms with van der Waals surface area (Å²) in [5.41, 5.74) is 4.72. The highest BCUT2D eigenvalue weighted by Crippen LogP contribution is 2.28. The summed E-state index contributed by atoms with van der Waals surface area (Å²) in [5, 5.41) is 9.77. The van der Waals surface area contributed by atoms with E-state index >= 15 is 0 Å². The van der Waals surface area contributed by atoms with Gasteiger partial charge in [0, 0.05) is 4.90 Å². The van der Waals surface area contributed by atoms with Crippen molar-refractivity contribution >= 4 is 29.3 Å². The van der Waals surface area contributed by atoms with Gasteiger partial charge in [0.1, 0.15) is 5.54 Å². The lowest BCUT2D eigenvalue weighted by atomic mass is 9.92. The second kappa shape index (κ2) is 7.02. The molecule has 0 aliphatic rings. The average molecular weight is 288 g/mol. The molecule has 1 unspecified atom stereocenters. The van der Waals surface area contributed by atoms with Crippen molar-refractivity contribution in [2.45, 2.75) is 36.6 Å². The highest BCUT2D eigenvalue weighted by molar-refractivity contribution is 7.99. The third kappa shape index (κ3) is 4.19. The Morgan fingerprint density at radius 3 is 2.72 bits per heavy atom. The Morgan fingerprint density at radius 2 is 2.17 bits per heavy atom. The van der Waals surface area contributed by atoms with Crippen molar-refractivity contribution < 1.29 is 9.90 Å². The summed E-state index contributed by atoms with van der Waals surface area (Å²) < 4.78 is 0. The summed E-state index contributed by atoms with van der Waals surface area (Å²) in [6.07, 6.45) is 1.68. The first-order chi connectivity index (χ1) is 8.49. The molecule has 0 spiro atoms. The Hall–Kier alpha value is -0.710. The third-order valence-corrected chi connectivity index (χ3v) is 4.52. The molecule has 0 saturated heterocycles. The molecule has 0 aliphatic carbocycles. The van der Waals surface area contributed by atoms with Crippen LogP contribution < -0.4 is 5.73 Å². The van der Waals surface area contributed by atoms with Crippen molar-refractivity contribution in [3.05, 3.63) is 29.3 Å². The van der Waals surface area contributed by atoms with Crippen LogP contribution in [0, 0.1) is 0 Å². The smallest absolute Gasteiger partial charge is 0.323 e. The first-order valence-electron chi connectivity index (χ1n) is 5.89. The first kappa shape index (κ1) is 15.3. The van der Waals surface area contributed by atoms with Crippen LogP contribution in [0.25, 0.3) is 0 Å². The average Bonchev–Trinajstić information content (AvgIpc) is 2.36. The molecule has 0 aliphatic heterocycles. The highest BCUT2D eigenvalue weighted by Gasteiger charge is 2.30. The minimum atomic E-state index is -1.10. The van der Waals surface area contributed by atoms with Crippen LogP contribution in [0.1, 0.15) is 26.2 Å². The number of carbonyl (C=O) groups is 1. The largest absolute Gasteiger partial charge is 0.480 e. The number of thioether (sulfide) groups is 1. The number of benzene rings is 1. The van der Waals surface area contributed by atoms with E-state index in [1.807, 2.05) is 24.3 Å². The SMILES string of the molecule is CCC(N)(CCCSc1ccccc1Cl)C(=O)O. The summed E-state index contributed by atoms with van der Waals surface area (Å²) >= 11 is 7.66. The van der Waals surface area contributed by atoms with Crippen LogP contribution in [0.15, 0.2) is 29.2 Å². The number of nitrogens with two attached hydrogens (primary N) is 1. The number of carboxylic acids is 1. The second-order valence-corrected chi connectivity index (χ2v) is 5.74. The Kier molecular flexibility index (Phi) is 5.99. The number of halogens is 1. The summed E-state index contributed by atoms with van der Waals surface area (Å²) in [5.74, 6) is -0.108. The Labute approximate surface area is 117 Å². The zero-order valence-corrected chi connectivity index (χ0v) is 11.9. The molecule has 1 atom stereocenters. The fourth-order valence-electron chi connectivity index (χ4n) is 1.57. The monoisotopic (exact) mass is 287 g/mol. The first-order valence-corrected chi connectivity index (χ1v) is 7.25. The van der Waals surface area contributed by atoms with Crippen LogP contribution in [0.2, 0.25) is 5.02 Å². The highest BCUT2D eigenvalue weighted by atomic mass is 35.5. The minimum Gasteiger partial charge on any atom is -0.480 e. The van der Waals surface area contributed by atoms with Crippen LogP contribution in [-0.4, -0.2) is 22.4 Å². The maximum atomic E-state index is 11.0. The van der Waals surface area contributed by atoms with Gasteiger partial charge in [0.05, 0.1) is 5.02 Å². The van der Waals surface area contributed by atoms with Crippen molar-refractivity contribution in [2.75, 3.05) is 5.75 Å². The standard InChI is InChI=1S/C13H18ClNO2S/c1-2-13(15,12(16)17)8-5-9-18-11-7-4-3-6-10(11)14/h3-4,6-7H,2,5,8-9,15H2,1H3,(H,16,17). The van der Waals surface area contributed by atoms with Crippen molar-refractivity contribution in [3.8, 4) is 0 Å². The van der Waals surface area contributed by atoms with Gasteiger partial charge in [-0.3, -0.25) is 4.79 Å². The summed E-state index contributed by atoms with van der Waals surface area (Å²) in [7, 11) is 0. The summed E-state index contributed by atoms with van der Waals surface area (Å²) in [6, 6.07) is 7.63. The van der Waals surface area contributed by atoms with Crippen molar-refractivity contribution in [2.24, 2.45) is 5.73 Å². The molecule has 0 saturated carbocycles. The fourth-order valence-corrected chi connectivity index (χ4v) is 2.76. The zero-order valence-electron chi connectivity index (χ0n) is 10.4. The van der Waals surface area contributed by atoms with Gasteiger partial charge in [-0.25, -0.2) is 0 Å². The van der Waals surface area contributed by atoms with Gasteiger partial charge in [-0.2, -0.15) is 0 Å². The Balaban J connectivity index is 2.39. The van der Waals surface area contributed by atoms with Crippen LogP contribution in [0.3, 0.4) is 0 Å². The number of hydrogen-bond donors (Lipinski definition) is 2. The zero-order chi connectivity index (χ0) is 13.6. The molecular formula is C13H18ClNO2S. The molecule has 0 amide bonds. The van der Waals surface area contributed by atoms with Gasteiger partial charge in [-0.15, -0.1) is 11.8 Å². The molecule has 5 heteroatoms. The van der Waals surface area contributed by atoms with E-state index in [2.05, 4.69) is 0 Å². The fraction of sp³-hybridized carbons (Fsp3) is 0.462. The lowest BCUT2D eigenvalue weighted by Crippen LogP contribution is -2.47. The Morgan fingerprint density at radius 1 is 1.50 bits per heavy atom. The second-order valence-electron chi connectivity index (χ2n) is 4.20. The maximum Gasteiger partial charge on any atom is 0.323 e. The number of hydrogen-bond acceptors (Lipinski definition) is 3. The molecule has 100 valence electrons. The predicted octanol–water partition coefficient (Wildman–Crippen LogP) is 3.40. The lowest BCUT2D eigenvalue weighted by molar-refractivity contribution is -0.143. The Bertz CT molecular complexity index is 414. The van der Waals surface area contributed by atoms with Crippen LogP contribution in [0.5, 0.6) is 0 Å². The van der Waals surface area contributed by atoms with Gasteiger partial charge in [0.15, 0.2) is 0 Å². The van der Waals surface area contributed by atoms with Gasteiger partial charge in [0.25, 0.3) is 0 Å². The molecule has 0 heterocycles. The van der Waals surface area contributed by atoms with E-state index in [1.54, 1.807) is 18.7 Å². The van der Waals surface area contributed by atoms with E-state index in [-0.39, 0.29) is 0 Å². The van der Waals surface area contributed by atoms with Crippen molar-refractivity contribution in [1.82, 2.24) is 0 Å². The van der Waals surface area contributed by atoms with E-state index in [4.69, 9.17) is 22.4 Å². The molecule has 3 N–H and O–H groups in total. The molecular weight excluding hydrogens is 270 g/mol. The van der Waals surface area contributed by atoms with E-state index in [0.717, 1.165) is 22.1 Å². The summed E-state index contributed by atoms with van der Waals surface area (Å²) in [4.78, 5) is 12.0. The van der Waals surface area contributed by atoms with E-state index in [1.165, 1.54) is 0 Å². The van der Waals surface area contributed by atoms with Gasteiger partial charge in [-0.1, -0.05) is 30.7 Å². The van der Waals surface area contributed by atoms with Crippen LogP contribution in [0.4, 0.5) is 0 Å². The molecule has 3 nitrogen and oxygen atoms in total. The van der Waals surface area contributed by atoms with E-state index < -0.39 is 11.5 Å². The molecule has 0 radical (unpaired) electrons. The maximum absolute atomic E-state index is 11.0. The molecule has 1 aromatic rings. The third-order valence-electron chi connectivity index (χ3n) is 2.92. The topological polar surface area (TPSA) is 63.3 Å². The predicted molar refractivity (Wildman–Crippen MR) is 76.3 cm³/mol. The minimum absolute atomic E-state index is 0.444. The quantitative estimate of drug-likeness (QED) is 0.596.